The number of carbonyl (C=O) groups excluding carboxylic acids is 1. The van der Waals surface area contributed by atoms with E-state index in [9.17, 15) is 25.0 Å². The molecule has 0 aromatic heterocycles. The standard InChI is InChI=1S/C9H9N3O6/c1-18-9(13)10(12(16)17)6-7-2-4-8(5-3-7)11(14)15/h2-5H,6H2,1H3. The highest BCUT2D eigenvalue weighted by Gasteiger charge is 2.25. The molecule has 0 saturated heterocycles. The van der Waals surface area contributed by atoms with E-state index in [0.717, 1.165) is 7.11 Å². The Kier molecular flexibility index (Phi) is 4.13. The molecule has 96 valence electrons. The van der Waals surface area contributed by atoms with Crippen LogP contribution in [0.1, 0.15) is 5.56 Å². The van der Waals surface area contributed by atoms with Crippen LogP contribution in [-0.2, 0) is 11.3 Å². The quantitative estimate of drug-likeness (QED) is 0.592. The first-order valence-corrected chi connectivity index (χ1v) is 4.69. The molecule has 1 aromatic carbocycles. The zero-order chi connectivity index (χ0) is 13.7. The van der Waals surface area contributed by atoms with E-state index in [4.69, 9.17) is 0 Å². The predicted molar refractivity (Wildman–Crippen MR) is 58.0 cm³/mol. The summed E-state index contributed by atoms with van der Waals surface area (Å²) in [6.45, 7) is -0.336. The normalized spacial score (nSPS) is 9.61. The van der Waals surface area contributed by atoms with E-state index in [1.165, 1.54) is 24.3 Å². The number of rotatable bonds is 4. The molecule has 0 saturated carbocycles. The Balaban J connectivity index is 2.85. The van der Waals surface area contributed by atoms with Crippen molar-refractivity contribution in [1.29, 1.82) is 0 Å². The zero-order valence-corrected chi connectivity index (χ0v) is 9.31. The molecule has 1 amide bonds. The monoisotopic (exact) mass is 255 g/mol. The first kappa shape index (κ1) is 13.4. The van der Waals surface area contributed by atoms with Crippen LogP contribution in [0.3, 0.4) is 0 Å². The number of nitrogens with zero attached hydrogens (tertiary/aromatic N) is 3. The van der Waals surface area contributed by atoms with E-state index in [1.54, 1.807) is 0 Å². The molecule has 0 fully saturated rings. The van der Waals surface area contributed by atoms with Gasteiger partial charge in [0.25, 0.3) is 5.69 Å². The van der Waals surface area contributed by atoms with Gasteiger partial charge in [0.2, 0.25) is 0 Å². The molecule has 0 heterocycles. The Morgan fingerprint density at radius 3 is 2.22 bits per heavy atom. The van der Waals surface area contributed by atoms with Crippen LogP contribution in [0.2, 0.25) is 0 Å². The fourth-order valence-electron chi connectivity index (χ4n) is 1.19. The Morgan fingerprint density at radius 2 is 1.83 bits per heavy atom. The van der Waals surface area contributed by atoms with Crippen molar-refractivity contribution in [3.8, 4) is 0 Å². The predicted octanol–water partition coefficient (Wildman–Crippen LogP) is 1.35. The summed E-state index contributed by atoms with van der Waals surface area (Å²) in [7, 11) is 1.02. The van der Waals surface area contributed by atoms with Gasteiger partial charge in [0.05, 0.1) is 12.0 Å². The van der Waals surface area contributed by atoms with E-state index in [1.807, 2.05) is 0 Å². The van der Waals surface area contributed by atoms with Crippen molar-refractivity contribution >= 4 is 11.8 Å². The van der Waals surface area contributed by atoms with Crippen LogP contribution >= 0.6 is 0 Å². The molecule has 9 nitrogen and oxygen atoms in total. The van der Waals surface area contributed by atoms with Crippen LogP contribution in [0.5, 0.6) is 0 Å². The molecule has 0 radical (unpaired) electrons. The van der Waals surface area contributed by atoms with Crippen molar-refractivity contribution in [1.82, 2.24) is 5.01 Å². The Bertz CT molecular complexity index is 472. The number of amides is 1. The third kappa shape index (κ3) is 3.14. The fourth-order valence-corrected chi connectivity index (χ4v) is 1.19. The van der Waals surface area contributed by atoms with E-state index in [-0.39, 0.29) is 17.2 Å². The third-order valence-electron chi connectivity index (χ3n) is 2.06. The fraction of sp³-hybridized carbons (Fsp3) is 0.222. The first-order valence-electron chi connectivity index (χ1n) is 4.69. The molecular weight excluding hydrogens is 246 g/mol. The van der Waals surface area contributed by atoms with Crippen LogP contribution in [0.4, 0.5) is 10.5 Å². The van der Waals surface area contributed by atoms with Crippen LogP contribution in [0.15, 0.2) is 24.3 Å². The average Bonchev–Trinajstić information content (AvgIpc) is 2.35. The lowest BCUT2D eigenvalue weighted by Gasteiger charge is -2.10. The lowest BCUT2D eigenvalue weighted by atomic mass is 10.2. The summed E-state index contributed by atoms with van der Waals surface area (Å²) >= 11 is 0. The summed E-state index contributed by atoms with van der Waals surface area (Å²) in [6.07, 6.45) is -1.11. The lowest BCUT2D eigenvalue weighted by Crippen LogP contribution is -2.35. The summed E-state index contributed by atoms with van der Waals surface area (Å²) in [4.78, 5) is 31.5. The number of hydrogen-bond donors (Lipinski definition) is 0. The van der Waals surface area contributed by atoms with Gasteiger partial charge in [-0.2, -0.15) is 0 Å². The van der Waals surface area contributed by atoms with Crippen LogP contribution in [0.25, 0.3) is 0 Å². The summed E-state index contributed by atoms with van der Waals surface area (Å²) in [6, 6.07) is 5.06. The molecule has 0 aliphatic heterocycles. The minimum atomic E-state index is -1.11. The molecule has 0 unspecified atom stereocenters. The number of hydrogen-bond acceptors (Lipinski definition) is 6. The minimum absolute atomic E-state index is 0.135. The largest absolute Gasteiger partial charge is 0.468 e. The van der Waals surface area contributed by atoms with E-state index in [2.05, 4.69) is 4.74 Å². The molecule has 0 spiro atoms. The number of methoxy groups -OCH3 is 1. The van der Waals surface area contributed by atoms with E-state index >= 15 is 0 Å². The number of benzene rings is 1. The molecule has 1 rings (SSSR count). The minimum Gasteiger partial charge on any atom is -0.449 e. The van der Waals surface area contributed by atoms with Crippen LogP contribution in [-0.4, -0.2) is 28.2 Å². The lowest BCUT2D eigenvalue weighted by molar-refractivity contribution is -0.638. The van der Waals surface area contributed by atoms with Crippen molar-refractivity contribution in [2.45, 2.75) is 6.54 Å². The van der Waals surface area contributed by atoms with Gasteiger partial charge in [-0.25, -0.2) is 14.9 Å². The van der Waals surface area contributed by atoms with Gasteiger partial charge in [-0.05, 0) is 10.6 Å². The van der Waals surface area contributed by atoms with E-state index < -0.39 is 16.0 Å². The van der Waals surface area contributed by atoms with Crippen LogP contribution < -0.4 is 0 Å². The number of carbonyl (C=O) groups is 1. The first-order chi connectivity index (χ1) is 8.45. The molecule has 0 N–H and O–H groups in total. The molecule has 0 atom stereocenters. The van der Waals surface area contributed by atoms with Gasteiger partial charge < -0.3 is 4.74 Å². The van der Waals surface area contributed by atoms with Crippen molar-refractivity contribution < 1.29 is 19.5 Å². The summed E-state index contributed by atoms with van der Waals surface area (Å²) in [5, 5.41) is 20.4. The maximum atomic E-state index is 11.1. The summed E-state index contributed by atoms with van der Waals surface area (Å²) < 4.78 is 4.24. The number of nitro groups is 2. The Labute approximate surface area is 101 Å². The average molecular weight is 255 g/mol. The van der Waals surface area contributed by atoms with Crippen molar-refractivity contribution in [3.05, 3.63) is 50.1 Å². The van der Waals surface area contributed by atoms with E-state index in [0.29, 0.717) is 5.56 Å². The van der Waals surface area contributed by atoms with Crippen molar-refractivity contribution in [2.75, 3.05) is 7.11 Å². The second-order valence-electron chi connectivity index (χ2n) is 3.19. The molecular formula is C9H9N3O6. The second kappa shape index (κ2) is 5.57. The molecule has 1 aromatic rings. The highest BCUT2D eigenvalue weighted by molar-refractivity contribution is 5.65. The van der Waals surface area contributed by atoms with Gasteiger partial charge in [0.1, 0.15) is 6.54 Å². The Hall–Kier alpha value is -2.71. The highest BCUT2D eigenvalue weighted by atomic mass is 16.7. The van der Waals surface area contributed by atoms with Crippen molar-refractivity contribution in [3.63, 3.8) is 0 Å². The SMILES string of the molecule is COC(=O)N(Cc1ccc([N+](=O)[O-])cc1)[N+](=O)[O-]. The van der Waals surface area contributed by atoms with Gasteiger partial charge in [-0.15, -0.1) is 0 Å². The van der Waals surface area contributed by atoms with Crippen LogP contribution in [0, 0.1) is 20.2 Å². The number of hydrazine groups is 1. The number of nitro benzene ring substituents is 1. The summed E-state index contributed by atoms with van der Waals surface area (Å²) in [5.41, 5.74) is 0.243. The molecule has 18 heavy (non-hydrogen) atoms. The molecule has 0 aliphatic rings. The van der Waals surface area contributed by atoms with Gasteiger partial charge in [-0.3, -0.25) is 10.1 Å². The summed E-state index contributed by atoms with van der Waals surface area (Å²) in [5.74, 6) is 0. The topological polar surface area (TPSA) is 116 Å². The number of ether oxygens (including phenoxy) is 1. The molecule has 0 aliphatic carbocycles. The molecule has 0 bridgehead atoms. The number of non-ortho nitro benzene ring substituents is 1. The molecule has 9 heteroatoms. The van der Waals surface area contributed by atoms with Gasteiger partial charge in [0, 0.05) is 12.1 Å². The Morgan fingerprint density at radius 1 is 1.28 bits per heavy atom. The third-order valence-corrected chi connectivity index (χ3v) is 2.06. The van der Waals surface area contributed by atoms with Crippen molar-refractivity contribution in [2.24, 2.45) is 0 Å². The second-order valence-corrected chi connectivity index (χ2v) is 3.19. The maximum absolute atomic E-state index is 11.1. The highest BCUT2D eigenvalue weighted by Crippen LogP contribution is 2.13. The van der Waals surface area contributed by atoms with Gasteiger partial charge in [-0.1, -0.05) is 12.1 Å². The van der Waals surface area contributed by atoms with Gasteiger partial charge >= 0.3 is 6.09 Å². The zero-order valence-electron chi connectivity index (χ0n) is 9.31. The van der Waals surface area contributed by atoms with Gasteiger partial charge in [0.15, 0.2) is 5.03 Å². The smallest absolute Gasteiger partial charge is 0.449 e. The maximum Gasteiger partial charge on any atom is 0.468 e.